The van der Waals surface area contributed by atoms with Crippen molar-refractivity contribution in [3.63, 3.8) is 0 Å². The summed E-state index contributed by atoms with van der Waals surface area (Å²) in [5, 5.41) is 12.2. The summed E-state index contributed by atoms with van der Waals surface area (Å²) in [7, 11) is 0. The standard InChI is InChI=1S/C22H26N2O3.ClH/c25-20(13-16-24-14-11-19(12-15-24)22(26)27)23-21(17-7-3-1-4-8-17)18-9-5-2-6-10-18;/h1-10,19,21H,11-16H2,(H,23,25)(H,26,27);1H. The van der Waals surface area contributed by atoms with Gasteiger partial charge in [-0.2, -0.15) is 0 Å². The molecule has 0 aliphatic carbocycles. The molecule has 1 aliphatic heterocycles. The number of rotatable bonds is 7. The summed E-state index contributed by atoms with van der Waals surface area (Å²) in [5.74, 6) is -0.940. The highest BCUT2D eigenvalue weighted by Gasteiger charge is 2.25. The zero-order chi connectivity index (χ0) is 19.1. The van der Waals surface area contributed by atoms with Crippen LogP contribution in [0.2, 0.25) is 0 Å². The third-order valence-corrected chi connectivity index (χ3v) is 5.16. The molecule has 0 aromatic heterocycles. The van der Waals surface area contributed by atoms with Gasteiger partial charge in [-0.05, 0) is 37.1 Å². The van der Waals surface area contributed by atoms with Gasteiger partial charge < -0.3 is 15.3 Å². The van der Waals surface area contributed by atoms with Gasteiger partial charge in [0.1, 0.15) is 0 Å². The molecule has 0 atom stereocenters. The Bertz CT molecular complexity index is 707. The summed E-state index contributed by atoms with van der Waals surface area (Å²) >= 11 is 0. The van der Waals surface area contributed by atoms with E-state index in [1.54, 1.807) is 0 Å². The van der Waals surface area contributed by atoms with E-state index in [2.05, 4.69) is 10.2 Å². The smallest absolute Gasteiger partial charge is 0.306 e. The fraction of sp³-hybridized carbons (Fsp3) is 0.364. The second kappa shape index (κ2) is 10.8. The van der Waals surface area contributed by atoms with Gasteiger partial charge in [-0.3, -0.25) is 9.59 Å². The van der Waals surface area contributed by atoms with Crippen LogP contribution >= 0.6 is 12.4 Å². The minimum Gasteiger partial charge on any atom is -0.481 e. The van der Waals surface area contributed by atoms with Crippen molar-refractivity contribution in [2.75, 3.05) is 19.6 Å². The number of carboxylic acid groups (broad SMARTS) is 1. The van der Waals surface area contributed by atoms with E-state index in [-0.39, 0.29) is 30.3 Å². The molecule has 1 amide bonds. The first-order valence-electron chi connectivity index (χ1n) is 9.48. The van der Waals surface area contributed by atoms with Gasteiger partial charge in [-0.15, -0.1) is 12.4 Å². The molecule has 0 radical (unpaired) electrons. The summed E-state index contributed by atoms with van der Waals surface area (Å²) in [6.07, 6.45) is 1.73. The largest absolute Gasteiger partial charge is 0.481 e. The van der Waals surface area contributed by atoms with Crippen molar-refractivity contribution in [3.8, 4) is 0 Å². The molecule has 2 N–H and O–H groups in total. The van der Waals surface area contributed by atoms with E-state index < -0.39 is 5.97 Å². The Morgan fingerprint density at radius 1 is 0.964 bits per heavy atom. The van der Waals surface area contributed by atoms with Crippen molar-refractivity contribution < 1.29 is 14.7 Å². The number of hydrogen-bond donors (Lipinski definition) is 2. The average Bonchev–Trinajstić information content (AvgIpc) is 2.72. The fourth-order valence-corrected chi connectivity index (χ4v) is 3.55. The molecule has 6 heteroatoms. The SMILES string of the molecule is Cl.O=C(CCN1CCC(C(=O)O)CC1)NC(c1ccccc1)c1ccccc1. The van der Waals surface area contributed by atoms with Crippen LogP contribution in [0.25, 0.3) is 0 Å². The van der Waals surface area contributed by atoms with E-state index in [4.69, 9.17) is 5.11 Å². The summed E-state index contributed by atoms with van der Waals surface area (Å²) in [6, 6.07) is 19.8. The third-order valence-electron chi connectivity index (χ3n) is 5.16. The van der Waals surface area contributed by atoms with Gasteiger partial charge >= 0.3 is 5.97 Å². The number of carbonyl (C=O) groups is 2. The second-order valence-corrected chi connectivity index (χ2v) is 7.03. The van der Waals surface area contributed by atoms with Crippen molar-refractivity contribution in [2.45, 2.75) is 25.3 Å². The van der Waals surface area contributed by atoms with E-state index in [0.29, 0.717) is 25.8 Å². The van der Waals surface area contributed by atoms with Crippen LogP contribution < -0.4 is 5.32 Å². The molecule has 0 saturated carbocycles. The number of aliphatic carboxylic acids is 1. The fourth-order valence-electron chi connectivity index (χ4n) is 3.55. The van der Waals surface area contributed by atoms with Crippen LogP contribution in [0.1, 0.15) is 36.4 Å². The Morgan fingerprint density at radius 2 is 1.46 bits per heavy atom. The summed E-state index contributed by atoms with van der Waals surface area (Å²) in [4.78, 5) is 25.8. The molecule has 1 fully saturated rings. The molecular formula is C22H27ClN2O3. The van der Waals surface area contributed by atoms with Gasteiger partial charge in [0, 0.05) is 13.0 Å². The van der Waals surface area contributed by atoms with Crippen LogP contribution in [-0.4, -0.2) is 41.5 Å². The lowest BCUT2D eigenvalue weighted by Crippen LogP contribution is -2.39. The molecular weight excluding hydrogens is 376 g/mol. The van der Waals surface area contributed by atoms with Crippen molar-refractivity contribution in [1.29, 1.82) is 0 Å². The Hall–Kier alpha value is -2.37. The second-order valence-electron chi connectivity index (χ2n) is 7.03. The van der Waals surface area contributed by atoms with Crippen LogP contribution in [0.15, 0.2) is 60.7 Å². The minimum atomic E-state index is -0.707. The van der Waals surface area contributed by atoms with E-state index in [9.17, 15) is 9.59 Å². The lowest BCUT2D eigenvalue weighted by Gasteiger charge is -2.30. The number of nitrogens with one attached hydrogen (secondary N) is 1. The first-order chi connectivity index (χ1) is 13.1. The number of likely N-dealkylation sites (tertiary alicyclic amines) is 1. The Kier molecular flexibility index (Phi) is 8.48. The van der Waals surface area contributed by atoms with Gasteiger partial charge in [-0.25, -0.2) is 0 Å². The molecule has 2 aromatic rings. The third kappa shape index (κ3) is 6.08. The minimum absolute atomic E-state index is 0. The summed E-state index contributed by atoms with van der Waals surface area (Å²) in [5.41, 5.74) is 2.11. The van der Waals surface area contributed by atoms with Crippen LogP contribution in [0.5, 0.6) is 0 Å². The van der Waals surface area contributed by atoms with Crippen LogP contribution in [0, 0.1) is 5.92 Å². The van der Waals surface area contributed by atoms with Crippen LogP contribution in [-0.2, 0) is 9.59 Å². The highest BCUT2D eigenvalue weighted by Crippen LogP contribution is 2.22. The molecule has 150 valence electrons. The Balaban J connectivity index is 0.00000280. The number of piperidine rings is 1. The zero-order valence-corrected chi connectivity index (χ0v) is 16.6. The van der Waals surface area contributed by atoms with Crippen molar-refractivity contribution in [3.05, 3.63) is 71.8 Å². The van der Waals surface area contributed by atoms with Gasteiger partial charge in [0.05, 0.1) is 12.0 Å². The van der Waals surface area contributed by atoms with Crippen molar-refractivity contribution in [1.82, 2.24) is 10.2 Å². The summed E-state index contributed by atoms with van der Waals surface area (Å²) < 4.78 is 0. The first-order valence-corrected chi connectivity index (χ1v) is 9.48. The van der Waals surface area contributed by atoms with Crippen molar-refractivity contribution in [2.24, 2.45) is 5.92 Å². The van der Waals surface area contributed by atoms with E-state index in [1.807, 2.05) is 60.7 Å². The van der Waals surface area contributed by atoms with E-state index in [0.717, 1.165) is 24.2 Å². The normalized spacial score (nSPS) is 15.0. The number of benzene rings is 2. The monoisotopic (exact) mass is 402 g/mol. The van der Waals surface area contributed by atoms with Crippen molar-refractivity contribution >= 4 is 24.3 Å². The quantitative estimate of drug-likeness (QED) is 0.743. The molecule has 3 rings (SSSR count). The maximum atomic E-state index is 12.6. The number of halogens is 1. The lowest BCUT2D eigenvalue weighted by molar-refractivity contribution is -0.143. The van der Waals surface area contributed by atoms with Gasteiger partial charge in [0.2, 0.25) is 5.91 Å². The number of carboxylic acids is 1. The summed E-state index contributed by atoms with van der Waals surface area (Å²) in [6.45, 7) is 2.14. The van der Waals surface area contributed by atoms with Gasteiger partial charge in [0.25, 0.3) is 0 Å². The van der Waals surface area contributed by atoms with E-state index >= 15 is 0 Å². The number of carbonyl (C=O) groups excluding carboxylic acids is 1. The molecule has 5 nitrogen and oxygen atoms in total. The molecule has 0 spiro atoms. The molecule has 2 aromatic carbocycles. The van der Waals surface area contributed by atoms with Crippen LogP contribution in [0.4, 0.5) is 0 Å². The maximum Gasteiger partial charge on any atom is 0.306 e. The molecule has 0 unspecified atom stereocenters. The average molecular weight is 403 g/mol. The van der Waals surface area contributed by atoms with E-state index in [1.165, 1.54) is 0 Å². The Morgan fingerprint density at radius 3 is 1.93 bits per heavy atom. The number of amides is 1. The molecule has 0 bridgehead atoms. The van der Waals surface area contributed by atoms with Crippen LogP contribution in [0.3, 0.4) is 0 Å². The molecule has 1 heterocycles. The maximum absolute atomic E-state index is 12.6. The number of nitrogens with zero attached hydrogens (tertiary/aromatic N) is 1. The zero-order valence-electron chi connectivity index (χ0n) is 15.8. The topological polar surface area (TPSA) is 69.6 Å². The molecule has 28 heavy (non-hydrogen) atoms. The van der Waals surface area contributed by atoms with Gasteiger partial charge in [0.15, 0.2) is 0 Å². The first kappa shape index (κ1) is 21.9. The predicted octanol–water partition coefficient (Wildman–Crippen LogP) is 3.50. The predicted molar refractivity (Wildman–Crippen MR) is 112 cm³/mol. The molecule has 1 saturated heterocycles. The van der Waals surface area contributed by atoms with Gasteiger partial charge in [-0.1, -0.05) is 60.7 Å². The highest BCUT2D eigenvalue weighted by molar-refractivity contribution is 5.85. The molecule has 1 aliphatic rings. The number of hydrogen-bond acceptors (Lipinski definition) is 3. The lowest BCUT2D eigenvalue weighted by atomic mass is 9.97. The highest BCUT2D eigenvalue weighted by atomic mass is 35.5. The Labute approximate surface area is 172 Å².